The summed E-state index contributed by atoms with van der Waals surface area (Å²) in [5.74, 6) is 1.89. The molecule has 0 bridgehead atoms. The van der Waals surface area contributed by atoms with E-state index >= 15 is 0 Å². The van der Waals surface area contributed by atoms with E-state index in [-0.39, 0.29) is 0 Å². The average molecular weight is 708 g/mol. The number of benzene rings is 6. The zero-order valence-electron chi connectivity index (χ0n) is 30.2. The maximum atomic E-state index is 6.61. The third-order valence-electron chi connectivity index (χ3n) is 9.19. The van der Waals surface area contributed by atoms with E-state index in [1.165, 1.54) is 11.1 Å². The third-order valence-corrected chi connectivity index (χ3v) is 10.5. The van der Waals surface area contributed by atoms with Crippen LogP contribution in [0.1, 0.15) is 22.5 Å². The predicted octanol–water partition coefficient (Wildman–Crippen LogP) is 11.7. The van der Waals surface area contributed by atoms with Crippen molar-refractivity contribution in [2.75, 3.05) is 4.90 Å². The van der Waals surface area contributed by atoms with Crippen molar-refractivity contribution in [2.24, 2.45) is 0 Å². The molecule has 7 heteroatoms. The van der Waals surface area contributed by atoms with E-state index in [0.717, 1.165) is 61.4 Å². The van der Waals surface area contributed by atoms with Crippen LogP contribution in [0.15, 0.2) is 158 Å². The van der Waals surface area contributed by atoms with Crippen molar-refractivity contribution in [2.45, 2.75) is 27.7 Å². The highest BCUT2D eigenvalue weighted by Gasteiger charge is 2.45. The molecule has 53 heavy (non-hydrogen) atoms. The summed E-state index contributed by atoms with van der Waals surface area (Å²) >= 11 is -2.92. The minimum Gasteiger partial charge on any atom is -0.577 e. The normalized spacial score (nSPS) is 11.0. The molecular weight excluding hydrogens is 670 g/mol. The van der Waals surface area contributed by atoms with Crippen LogP contribution in [0, 0.1) is 27.7 Å². The van der Waals surface area contributed by atoms with E-state index < -0.39 is 15.1 Å². The van der Waals surface area contributed by atoms with Crippen LogP contribution in [0.2, 0.25) is 0 Å². The second-order valence-electron chi connectivity index (χ2n) is 13.3. The predicted molar refractivity (Wildman–Crippen MR) is 217 cm³/mol. The van der Waals surface area contributed by atoms with E-state index in [1.54, 1.807) is 0 Å². The molecule has 0 amide bonds. The van der Waals surface area contributed by atoms with Gasteiger partial charge in [0.15, 0.2) is 0 Å². The van der Waals surface area contributed by atoms with E-state index in [0.29, 0.717) is 17.2 Å². The van der Waals surface area contributed by atoms with Crippen molar-refractivity contribution in [3.05, 3.63) is 180 Å². The second kappa shape index (κ2) is 14.8. The second-order valence-corrected chi connectivity index (χ2v) is 14.6. The molecule has 0 fully saturated rings. The van der Waals surface area contributed by atoms with E-state index in [1.807, 2.05) is 86.6 Å². The maximum absolute atomic E-state index is 6.61. The van der Waals surface area contributed by atoms with Gasteiger partial charge in [0.25, 0.3) is 0 Å². The number of pyridine rings is 2. The minimum atomic E-state index is -2.92. The first kappa shape index (κ1) is 34.0. The number of hydrogen-bond donors (Lipinski definition) is 0. The Bertz CT molecular complexity index is 2450. The SMILES string of the molecule is Cc1ccc(N(c2ccc(-c3ccc([O][Al]([O]c4cccc5ccc(C)nc45)[O]c4cccc5ccc(C)nc45)cc3)cc2)c2cccc(C)c2)cc1. The van der Waals surface area contributed by atoms with Crippen LogP contribution in [0.25, 0.3) is 32.9 Å². The lowest BCUT2D eigenvalue weighted by Gasteiger charge is -2.26. The number of hydrogen-bond acceptors (Lipinski definition) is 6. The Morgan fingerprint density at radius 3 is 1.49 bits per heavy atom. The first-order chi connectivity index (χ1) is 25.9. The molecule has 8 aromatic rings. The summed E-state index contributed by atoms with van der Waals surface area (Å²) in [6.07, 6.45) is 0. The fourth-order valence-corrected chi connectivity index (χ4v) is 7.77. The quantitative estimate of drug-likeness (QED) is 0.132. The molecule has 0 spiro atoms. The van der Waals surface area contributed by atoms with Gasteiger partial charge in [-0.1, -0.05) is 90.5 Å². The fraction of sp³-hybridized carbons (Fsp3) is 0.0870. The molecule has 0 aliphatic rings. The largest absolute Gasteiger partial charge is 1.20 e. The summed E-state index contributed by atoms with van der Waals surface area (Å²) in [7, 11) is 0. The zero-order valence-corrected chi connectivity index (χ0v) is 31.3. The van der Waals surface area contributed by atoms with Crippen LogP contribution in [0.5, 0.6) is 17.2 Å². The van der Waals surface area contributed by atoms with Gasteiger partial charge in [-0.2, -0.15) is 0 Å². The molecular formula is C46H38AlN3O3. The maximum Gasteiger partial charge on any atom is 1.20 e. The lowest BCUT2D eigenvalue weighted by atomic mass is 10.0. The van der Waals surface area contributed by atoms with Gasteiger partial charge in [0.2, 0.25) is 0 Å². The van der Waals surface area contributed by atoms with Crippen molar-refractivity contribution in [1.82, 2.24) is 9.97 Å². The lowest BCUT2D eigenvalue weighted by Crippen LogP contribution is -2.37. The van der Waals surface area contributed by atoms with Gasteiger partial charge in [0, 0.05) is 39.2 Å². The summed E-state index contributed by atoms with van der Waals surface area (Å²) in [5, 5.41) is 1.97. The van der Waals surface area contributed by atoms with Crippen LogP contribution in [-0.2, 0) is 0 Å². The molecule has 0 N–H and O–H groups in total. The van der Waals surface area contributed by atoms with Gasteiger partial charge in [-0.3, -0.25) is 0 Å². The Hall–Kier alpha value is -6.13. The first-order valence-electron chi connectivity index (χ1n) is 17.7. The van der Waals surface area contributed by atoms with E-state index in [2.05, 4.69) is 104 Å². The van der Waals surface area contributed by atoms with Gasteiger partial charge in [0.05, 0.1) is 5.75 Å². The van der Waals surface area contributed by atoms with Gasteiger partial charge >= 0.3 is 15.1 Å². The molecule has 2 heterocycles. The molecule has 258 valence electrons. The molecule has 0 radical (unpaired) electrons. The van der Waals surface area contributed by atoms with Crippen molar-refractivity contribution in [3.8, 4) is 28.4 Å². The molecule has 6 nitrogen and oxygen atoms in total. The monoisotopic (exact) mass is 707 g/mol. The lowest BCUT2D eigenvalue weighted by molar-refractivity contribution is 0.310. The summed E-state index contributed by atoms with van der Waals surface area (Å²) in [6.45, 7) is 8.18. The number of para-hydroxylation sites is 2. The zero-order chi connectivity index (χ0) is 36.3. The molecule has 6 aromatic carbocycles. The highest BCUT2D eigenvalue weighted by atomic mass is 27.3. The topological polar surface area (TPSA) is 56.7 Å². The summed E-state index contributed by atoms with van der Waals surface area (Å²) < 4.78 is 19.8. The van der Waals surface area contributed by atoms with Crippen LogP contribution in [-0.4, -0.2) is 25.1 Å². The number of aryl methyl sites for hydroxylation is 4. The summed E-state index contributed by atoms with van der Waals surface area (Å²) in [4.78, 5) is 11.8. The Morgan fingerprint density at radius 2 is 0.943 bits per heavy atom. The van der Waals surface area contributed by atoms with Gasteiger partial charge in [-0.15, -0.1) is 0 Å². The molecule has 0 aliphatic heterocycles. The van der Waals surface area contributed by atoms with Crippen molar-refractivity contribution < 1.29 is 11.4 Å². The number of nitrogens with zero attached hydrogens (tertiary/aromatic N) is 3. The fourth-order valence-electron chi connectivity index (χ4n) is 6.45. The van der Waals surface area contributed by atoms with Gasteiger partial charge < -0.3 is 16.3 Å². The van der Waals surface area contributed by atoms with Gasteiger partial charge in [-0.25, -0.2) is 9.97 Å². The van der Waals surface area contributed by atoms with Crippen molar-refractivity contribution in [1.29, 1.82) is 0 Å². The van der Waals surface area contributed by atoms with Crippen molar-refractivity contribution in [3.63, 3.8) is 0 Å². The molecule has 0 saturated heterocycles. The molecule has 0 unspecified atom stereocenters. The molecule has 8 rings (SSSR count). The molecule has 0 aliphatic carbocycles. The number of rotatable bonds is 10. The number of aromatic nitrogens is 2. The smallest absolute Gasteiger partial charge is 0.577 e. The molecule has 2 aromatic heterocycles. The van der Waals surface area contributed by atoms with Crippen molar-refractivity contribution >= 4 is 54.0 Å². The minimum absolute atomic E-state index is 0.620. The Balaban J connectivity index is 1.07. The van der Waals surface area contributed by atoms with Crippen LogP contribution in [0.3, 0.4) is 0 Å². The highest BCUT2D eigenvalue weighted by molar-refractivity contribution is 6.40. The van der Waals surface area contributed by atoms with E-state index in [4.69, 9.17) is 21.3 Å². The van der Waals surface area contributed by atoms with Crippen LogP contribution >= 0.6 is 0 Å². The van der Waals surface area contributed by atoms with Crippen LogP contribution < -0.4 is 16.3 Å². The van der Waals surface area contributed by atoms with Crippen LogP contribution in [0.4, 0.5) is 17.1 Å². The standard InChI is InChI=1S/C26H23NO.2C10H9NO.Al/c1-19-6-12-23(13-7-19)27(25-5-3-4-20(2)18-25)24-14-8-21(9-15-24)22-10-16-26(28)17-11-22;2*1-7-5-6-8-3-2-4-9(12)10(8)11-7;/h3-18,28H,1-2H3;2*2-6,12H,1H3;/q;;;+3/p-3. The summed E-state index contributed by atoms with van der Waals surface area (Å²) in [6, 6.07) is 53.9. The first-order valence-corrected chi connectivity index (χ1v) is 19.1. The molecule has 0 atom stereocenters. The Morgan fingerprint density at radius 1 is 0.434 bits per heavy atom. The number of fused-ring (bicyclic) bond motifs is 2. The highest BCUT2D eigenvalue weighted by Crippen LogP contribution is 2.36. The average Bonchev–Trinajstić information content (AvgIpc) is 3.17. The Labute approximate surface area is 315 Å². The van der Waals surface area contributed by atoms with Gasteiger partial charge in [-0.05, 0) is 117 Å². The van der Waals surface area contributed by atoms with E-state index in [9.17, 15) is 0 Å². The number of anilines is 3. The molecule has 0 saturated carbocycles. The van der Waals surface area contributed by atoms with Gasteiger partial charge in [0.1, 0.15) is 22.5 Å². The summed E-state index contributed by atoms with van der Waals surface area (Å²) in [5.41, 5.74) is 11.3. The third kappa shape index (κ3) is 7.59. The Kier molecular flexibility index (Phi) is 9.52.